The number of hydrazine groups is 1. The van der Waals surface area contributed by atoms with E-state index in [4.69, 9.17) is 0 Å². The number of aryl methyl sites for hydroxylation is 1. The first-order chi connectivity index (χ1) is 6.27. The third-order valence-corrected chi connectivity index (χ3v) is 2.10. The molecule has 0 aliphatic carbocycles. The number of hydrogen-bond donors (Lipinski definition) is 2. The van der Waals surface area contributed by atoms with E-state index in [0.717, 1.165) is 17.8 Å². The number of aromatic hydroxyl groups is 1. The van der Waals surface area contributed by atoms with Crippen LogP contribution in [0.4, 0.5) is 5.69 Å². The summed E-state index contributed by atoms with van der Waals surface area (Å²) in [4.78, 5) is 0. The first-order valence-electron chi connectivity index (χ1n) is 4.26. The molecule has 3 heteroatoms. The van der Waals surface area contributed by atoms with Crippen LogP contribution in [0.2, 0.25) is 0 Å². The van der Waals surface area contributed by atoms with E-state index in [1.807, 2.05) is 36.3 Å². The summed E-state index contributed by atoms with van der Waals surface area (Å²) >= 11 is 0. The Kier molecular flexibility index (Phi) is 1.94. The van der Waals surface area contributed by atoms with Gasteiger partial charge in [-0.15, -0.1) is 0 Å². The van der Waals surface area contributed by atoms with Crippen LogP contribution in [-0.2, 0) is 0 Å². The third kappa shape index (κ3) is 1.51. The molecule has 0 spiro atoms. The van der Waals surface area contributed by atoms with Crippen LogP contribution in [0.15, 0.2) is 30.5 Å². The smallest absolute Gasteiger partial charge is 0.120 e. The fourth-order valence-electron chi connectivity index (χ4n) is 1.29. The van der Waals surface area contributed by atoms with Crippen molar-refractivity contribution in [1.29, 1.82) is 0 Å². The van der Waals surface area contributed by atoms with Gasteiger partial charge in [-0.3, -0.25) is 5.01 Å². The van der Waals surface area contributed by atoms with Gasteiger partial charge in [0.15, 0.2) is 0 Å². The lowest BCUT2D eigenvalue weighted by atomic mass is 10.2. The maximum absolute atomic E-state index is 9.48. The average molecular weight is 176 g/mol. The molecule has 1 aromatic rings. The third-order valence-electron chi connectivity index (χ3n) is 2.10. The molecule has 0 saturated heterocycles. The molecule has 1 heterocycles. The molecule has 3 nitrogen and oxygen atoms in total. The molecule has 0 bridgehead atoms. The highest BCUT2D eigenvalue weighted by atomic mass is 16.3. The van der Waals surface area contributed by atoms with E-state index in [9.17, 15) is 5.11 Å². The quantitative estimate of drug-likeness (QED) is 0.681. The minimum atomic E-state index is 0.333. The highest BCUT2D eigenvalue weighted by molar-refractivity contribution is 5.54. The highest BCUT2D eigenvalue weighted by Crippen LogP contribution is 2.23. The molecule has 13 heavy (non-hydrogen) atoms. The molecule has 0 aromatic heterocycles. The summed E-state index contributed by atoms with van der Waals surface area (Å²) in [5, 5.41) is 11.4. The maximum atomic E-state index is 9.48. The summed E-state index contributed by atoms with van der Waals surface area (Å²) in [6.45, 7) is 2.72. The summed E-state index contributed by atoms with van der Waals surface area (Å²) in [7, 11) is 0. The number of phenolic OH excluding ortho intramolecular Hbond substituents is 1. The van der Waals surface area contributed by atoms with Crippen LogP contribution in [0, 0.1) is 6.92 Å². The molecule has 2 N–H and O–H groups in total. The number of nitrogens with zero attached hydrogens (tertiary/aromatic N) is 1. The second-order valence-electron chi connectivity index (χ2n) is 3.09. The van der Waals surface area contributed by atoms with Gasteiger partial charge in [0.2, 0.25) is 0 Å². The first kappa shape index (κ1) is 8.13. The highest BCUT2D eigenvalue weighted by Gasteiger charge is 2.07. The van der Waals surface area contributed by atoms with Gasteiger partial charge in [-0.25, -0.2) is 5.43 Å². The Balaban J connectivity index is 2.30. The van der Waals surface area contributed by atoms with Crippen LogP contribution in [0.5, 0.6) is 5.75 Å². The van der Waals surface area contributed by atoms with Gasteiger partial charge >= 0.3 is 0 Å². The number of rotatable bonds is 1. The molecular formula is C10H12N2O. The van der Waals surface area contributed by atoms with Crippen molar-refractivity contribution in [2.75, 3.05) is 11.6 Å². The van der Waals surface area contributed by atoms with Crippen LogP contribution in [0.25, 0.3) is 0 Å². The minimum absolute atomic E-state index is 0.333. The van der Waals surface area contributed by atoms with Crippen molar-refractivity contribution < 1.29 is 5.11 Å². The molecule has 0 radical (unpaired) electrons. The molecule has 1 aromatic carbocycles. The number of hydrogen-bond acceptors (Lipinski definition) is 3. The number of nitrogens with one attached hydrogen (secondary N) is 1. The lowest BCUT2D eigenvalue weighted by molar-refractivity contribution is 0.471. The van der Waals surface area contributed by atoms with Gasteiger partial charge in [0.1, 0.15) is 5.75 Å². The van der Waals surface area contributed by atoms with Crippen molar-refractivity contribution in [3.05, 3.63) is 36.0 Å². The van der Waals surface area contributed by atoms with Gasteiger partial charge in [0.25, 0.3) is 0 Å². The van der Waals surface area contributed by atoms with Crippen LogP contribution < -0.4 is 10.4 Å². The summed E-state index contributed by atoms with van der Waals surface area (Å²) in [5.41, 5.74) is 4.98. The standard InChI is InChI=1S/C10H12N2O/c1-8-3-4-9(7-10(8)13)12-6-2-5-11-12/h2-4,6-7,11,13H,5H2,1H3. The van der Waals surface area contributed by atoms with Gasteiger partial charge in [-0.1, -0.05) is 12.1 Å². The largest absolute Gasteiger partial charge is 0.508 e. The van der Waals surface area contributed by atoms with Crippen LogP contribution in [0.3, 0.4) is 0 Å². The van der Waals surface area contributed by atoms with Crippen molar-refractivity contribution in [2.45, 2.75) is 6.92 Å². The summed E-state index contributed by atoms with van der Waals surface area (Å²) < 4.78 is 0. The molecule has 0 amide bonds. The van der Waals surface area contributed by atoms with Crippen molar-refractivity contribution in [3.63, 3.8) is 0 Å². The summed E-state index contributed by atoms with van der Waals surface area (Å²) in [5.74, 6) is 0.333. The van der Waals surface area contributed by atoms with Gasteiger partial charge < -0.3 is 5.11 Å². The van der Waals surface area contributed by atoms with Crippen LogP contribution >= 0.6 is 0 Å². The number of benzene rings is 1. The van der Waals surface area contributed by atoms with Crippen molar-refractivity contribution in [2.24, 2.45) is 0 Å². The van der Waals surface area contributed by atoms with E-state index in [-0.39, 0.29) is 0 Å². The monoisotopic (exact) mass is 176 g/mol. The molecule has 0 saturated carbocycles. The van der Waals surface area contributed by atoms with Gasteiger partial charge in [0.05, 0.1) is 5.69 Å². The van der Waals surface area contributed by atoms with E-state index in [2.05, 4.69) is 5.43 Å². The molecule has 68 valence electrons. The fraction of sp³-hybridized carbons (Fsp3) is 0.200. The summed E-state index contributed by atoms with van der Waals surface area (Å²) in [6, 6.07) is 5.62. The maximum Gasteiger partial charge on any atom is 0.120 e. The number of anilines is 1. The zero-order valence-electron chi connectivity index (χ0n) is 7.49. The second kappa shape index (κ2) is 3.11. The normalized spacial score (nSPS) is 15.3. The van der Waals surface area contributed by atoms with Crippen LogP contribution in [0.1, 0.15) is 5.56 Å². The van der Waals surface area contributed by atoms with Crippen molar-refractivity contribution in [1.82, 2.24) is 5.43 Å². The van der Waals surface area contributed by atoms with Gasteiger partial charge in [-0.05, 0) is 18.6 Å². The van der Waals surface area contributed by atoms with E-state index in [1.54, 1.807) is 6.07 Å². The molecule has 2 rings (SSSR count). The Morgan fingerprint density at radius 2 is 2.31 bits per heavy atom. The van der Waals surface area contributed by atoms with Crippen LogP contribution in [-0.4, -0.2) is 11.7 Å². The molecule has 0 unspecified atom stereocenters. The lowest BCUT2D eigenvalue weighted by Crippen LogP contribution is -2.27. The Hall–Kier alpha value is -1.48. The zero-order valence-corrected chi connectivity index (χ0v) is 7.49. The second-order valence-corrected chi connectivity index (χ2v) is 3.09. The van der Waals surface area contributed by atoms with E-state index >= 15 is 0 Å². The SMILES string of the molecule is Cc1ccc(N2C=CCN2)cc1O. The topological polar surface area (TPSA) is 35.5 Å². The number of phenols is 1. The molecular weight excluding hydrogens is 164 g/mol. The molecule has 1 aliphatic heterocycles. The van der Waals surface area contributed by atoms with Gasteiger partial charge in [0, 0.05) is 18.8 Å². The lowest BCUT2D eigenvalue weighted by Gasteiger charge is -2.16. The van der Waals surface area contributed by atoms with Gasteiger partial charge in [-0.2, -0.15) is 0 Å². The Morgan fingerprint density at radius 1 is 1.46 bits per heavy atom. The van der Waals surface area contributed by atoms with E-state index in [0.29, 0.717) is 5.75 Å². The van der Waals surface area contributed by atoms with E-state index < -0.39 is 0 Å². The minimum Gasteiger partial charge on any atom is -0.508 e. The van der Waals surface area contributed by atoms with Crippen molar-refractivity contribution >= 4 is 5.69 Å². The molecule has 1 aliphatic rings. The predicted octanol–water partition coefficient (Wildman–Crippen LogP) is 1.54. The van der Waals surface area contributed by atoms with E-state index in [1.165, 1.54) is 0 Å². The Bertz CT molecular complexity index is 347. The predicted molar refractivity (Wildman–Crippen MR) is 52.5 cm³/mol. The first-order valence-corrected chi connectivity index (χ1v) is 4.26. The Labute approximate surface area is 77.3 Å². The molecule has 0 atom stereocenters. The fourth-order valence-corrected chi connectivity index (χ4v) is 1.29. The summed E-state index contributed by atoms with van der Waals surface area (Å²) in [6.07, 6.45) is 3.97. The zero-order chi connectivity index (χ0) is 9.26. The average Bonchev–Trinajstić information content (AvgIpc) is 2.62. The van der Waals surface area contributed by atoms with Crippen molar-refractivity contribution in [3.8, 4) is 5.75 Å². The molecule has 0 fully saturated rings. The Morgan fingerprint density at radius 3 is 2.92 bits per heavy atom.